The van der Waals surface area contributed by atoms with Crippen molar-refractivity contribution in [2.24, 2.45) is 0 Å². The van der Waals surface area contributed by atoms with E-state index in [0.29, 0.717) is 0 Å². The Balaban J connectivity index is 2.08. The van der Waals surface area contributed by atoms with Crippen LogP contribution in [0, 0.1) is 0 Å². The molecule has 22 heavy (non-hydrogen) atoms. The molecule has 0 amide bonds. The average Bonchev–Trinajstić information content (AvgIpc) is 2.56. The van der Waals surface area contributed by atoms with Gasteiger partial charge in [0.1, 0.15) is 0 Å². The lowest BCUT2D eigenvalue weighted by molar-refractivity contribution is -0.140. The van der Waals surface area contributed by atoms with Gasteiger partial charge in [0.05, 0.1) is 27.1 Å². The van der Waals surface area contributed by atoms with Crippen molar-refractivity contribution in [3.63, 3.8) is 0 Å². The van der Waals surface area contributed by atoms with Gasteiger partial charge in [0, 0.05) is 0 Å². The zero-order chi connectivity index (χ0) is 15.9. The summed E-state index contributed by atoms with van der Waals surface area (Å²) in [6.07, 6.45) is 0.545. The van der Waals surface area contributed by atoms with E-state index >= 15 is 0 Å². The van der Waals surface area contributed by atoms with Crippen LogP contribution in [-0.4, -0.2) is 26.2 Å². The molecule has 2 aromatic rings. The van der Waals surface area contributed by atoms with Gasteiger partial charge < -0.3 is 9.47 Å². The van der Waals surface area contributed by atoms with Crippen molar-refractivity contribution in [2.75, 3.05) is 14.2 Å². The second-order valence-electron chi connectivity index (χ2n) is 4.90. The molecule has 0 radical (unpaired) electrons. The van der Waals surface area contributed by atoms with Gasteiger partial charge in [-0.05, 0) is 22.3 Å². The van der Waals surface area contributed by atoms with Crippen LogP contribution in [0.5, 0.6) is 0 Å². The van der Waals surface area contributed by atoms with Crippen molar-refractivity contribution < 1.29 is 19.1 Å². The van der Waals surface area contributed by atoms with Gasteiger partial charge in [-0.3, -0.25) is 9.59 Å². The Hall–Kier alpha value is -2.62. The van der Waals surface area contributed by atoms with Crippen molar-refractivity contribution in [3.05, 3.63) is 59.7 Å². The van der Waals surface area contributed by atoms with Crippen LogP contribution in [0.4, 0.5) is 0 Å². The smallest absolute Gasteiger partial charge is 0.309 e. The summed E-state index contributed by atoms with van der Waals surface area (Å²) in [4.78, 5) is 22.5. The fourth-order valence-corrected chi connectivity index (χ4v) is 2.11. The molecule has 0 N–H and O–H groups in total. The molecular weight excluding hydrogens is 280 g/mol. The molecule has 0 aliphatic rings. The van der Waals surface area contributed by atoms with E-state index in [0.717, 1.165) is 22.3 Å². The Morgan fingerprint density at radius 2 is 1.00 bits per heavy atom. The molecule has 4 nitrogen and oxygen atoms in total. The van der Waals surface area contributed by atoms with Crippen LogP contribution in [-0.2, 0) is 31.9 Å². The Bertz CT molecular complexity index is 582. The predicted octanol–water partition coefficient (Wildman–Crippen LogP) is 2.78. The summed E-state index contributed by atoms with van der Waals surface area (Å²) in [5, 5.41) is 0. The largest absolute Gasteiger partial charge is 0.469 e. The van der Waals surface area contributed by atoms with Crippen LogP contribution in [0.3, 0.4) is 0 Å². The maximum Gasteiger partial charge on any atom is 0.309 e. The van der Waals surface area contributed by atoms with Gasteiger partial charge >= 0.3 is 11.9 Å². The van der Waals surface area contributed by atoms with E-state index in [2.05, 4.69) is 9.47 Å². The molecule has 0 bridgehead atoms. The molecule has 0 saturated heterocycles. The van der Waals surface area contributed by atoms with Crippen molar-refractivity contribution in [3.8, 4) is 11.1 Å². The highest BCUT2D eigenvalue weighted by atomic mass is 16.5. The van der Waals surface area contributed by atoms with Crippen LogP contribution in [0.1, 0.15) is 11.1 Å². The number of hydrogen-bond acceptors (Lipinski definition) is 4. The molecule has 0 heterocycles. The van der Waals surface area contributed by atoms with Gasteiger partial charge in [-0.15, -0.1) is 0 Å². The van der Waals surface area contributed by atoms with Crippen molar-refractivity contribution in [1.82, 2.24) is 0 Å². The number of rotatable bonds is 5. The van der Waals surface area contributed by atoms with E-state index in [1.165, 1.54) is 14.2 Å². The first-order valence-corrected chi connectivity index (χ1v) is 6.94. The SMILES string of the molecule is COC(=O)Cc1ccc(-c2ccc(CC(=O)OC)cc2)cc1. The highest BCUT2D eigenvalue weighted by Crippen LogP contribution is 2.21. The molecular formula is C18H18O4. The van der Waals surface area contributed by atoms with Gasteiger partial charge in [-0.1, -0.05) is 48.5 Å². The first-order chi connectivity index (χ1) is 10.6. The monoisotopic (exact) mass is 298 g/mol. The van der Waals surface area contributed by atoms with E-state index in [4.69, 9.17) is 0 Å². The molecule has 0 fully saturated rings. The number of carbonyl (C=O) groups excluding carboxylic acids is 2. The molecule has 0 saturated carbocycles. The molecule has 0 spiro atoms. The van der Waals surface area contributed by atoms with Crippen molar-refractivity contribution >= 4 is 11.9 Å². The summed E-state index contributed by atoms with van der Waals surface area (Å²) in [5.74, 6) is -0.500. The summed E-state index contributed by atoms with van der Waals surface area (Å²) >= 11 is 0. The third-order valence-corrected chi connectivity index (χ3v) is 3.39. The van der Waals surface area contributed by atoms with Gasteiger partial charge in [-0.25, -0.2) is 0 Å². The first-order valence-electron chi connectivity index (χ1n) is 6.94. The molecule has 0 aliphatic heterocycles. The van der Waals surface area contributed by atoms with Gasteiger partial charge in [0.25, 0.3) is 0 Å². The van der Waals surface area contributed by atoms with Crippen molar-refractivity contribution in [1.29, 1.82) is 0 Å². The zero-order valence-electron chi connectivity index (χ0n) is 12.7. The predicted molar refractivity (Wildman–Crippen MR) is 83.3 cm³/mol. The van der Waals surface area contributed by atoms with Crippen LogP contribution in [0.2, 0.25) is 0 Å². The molecule has 4 heteroatoms. The number of esters is 2. The van der Waals surface area contributed by atoms with E-state index in [-0.39, 0.29) is 24.8 Å². The number of ether oxygens (including phenoxy) is 2. The minimum absolute atomic E-state index is 0.250. The normalized spacial score (nSPS) is 10.1. The standard InChI is InChI=1S/C18H18O4/c1-21-17(19)11-13-3-7-15(8-4-13)16-9-5-14(6-10-16)12-18(20)22-2/h3-10H,11-12H2,1-2H3. The molecule has 0 aliphatic carbocycles. The van der Waals surface area contributed by atoms with Gasteiger partial charge in [0.2, 0.25) is 0 Å². The molecule has 2 rings (SSSR count). The van der Waals surface area contributed by atoms with Gasteiger partial charge in [0.15, 0.2) is 0 Å². The van der Waals surface area contributed by atoms with E-state index in [9.17, 15) is 9.59 Å². The lowest BCUT2D eigenvalue weighted by Gasteiger charge is -2.06. The fraction of sp³-hybridized carbons (Fsp3) is 0.222. The highest BCUT2D eigenvalue weighted by molar-refractivity contribution is 5.74. The van der Waals surface area contributed by atoms with E-state index < -0.39 is 0 Å². The highest BCUT2D eigenvalue weighted by Gasteiger charge is 2.05. The lowest BCUT2D eigenvalue weighted by Crippen LogP contribution is -2.04. The Labute approximate surface area is 129 Å². The number of benzene rings is 2. The summed E-state index contributed by atoms with van der Waals surface area (Å²) in [6, 6.07) is 15.5. The summed E-state index contributed by atoms with van der Waals surface area (Å²) in [6.45, 7) is 0. The number of carbonyl (C=O) groups is 2. The second kappa shape index (κ2) is 7.41. The van der Waals surface area contributed by atoms with E-state index in [1.54, 1.807) is 0 Å². The molecule has 0 atom stereocenters. The van der Waals surface area contributed by atoms with Crippen LogP contribution in [0.15, 0.2) is 48.5 Å². The summed E-state index contributed by atoms with van der Waals surface area (Å²) in [5.41, 5.74) is 3.94. The molecule has 0 unspecified atom stereocenters. The molecule has 2 aromatic carbocycles. The molecule has 114 valence electrons. The Kier molecular flexibility index (Phi) is 5.31. The van der Waals surface area contributed by atoms with Crippen molar-refractivity contribution in [2.45, 2.75) is 12.8 Å². The third kappa shape index (κ3) is 4.19. The quantitative estimate of drug-likeness (QED) is 0.797. The maximum atomic E-state index is 11.2. The minimum Gasteiger partial charge on any atom is -0.469 e. The van der Waals surface area contributed by atoms with E-state index in [1.807, 2.05) is 48.5 Å². The van der Waals surface area contributed by atoms with Crippen LogP contribution in [0.25, 0.3) is 11.1 Å². The Morgan fingerprint density at radius 3 is 1.27 bits per heavy atom. The topological polar surface area (TPSA) is 52.6 Å². The zero-order valence-corrected chi connectivity index (χ0v) is 12.7. The minimum atomic E-state index is -0.250. The number of methoxy groups -OCH3 is 2. The summed E-state index contributed by atoms with van der Waals surface area (Å²) < 4.78 is 9.29. The second-order valence-corrected chi connectivity index (χ2v) is 4.90. The number of hydrogen-bond donors (Lipinski definition) is 0. The lowest BCUT2D eigenvalue weighted by atomic mass is 10.0. The maximum absolute atomic E-state index is 11.2. The Morgan fingerprint density at radius 1 is 0.682 bits per heavy atom. The van der Waals surface area contributed by atoms with Gasteiger partial charge in [-0.2, -0.15) is 0 Å². The summed E-state index contributed by atoms with van der Waals surface area (Å²) in [7, 11) is 2.76. The first kappa shape index (κ1) is 15.8. The molecule has 0 aromatic heterocycles. The average molecular weight is 298 g/mol. The fourth-order valence-electron chi connectivity index (χ4n) is 2.11. The van der Waals surface area contributed by atoms with Crippen LogP contribution >= 0.6 is 0 Å². The third-order valence-electron chi connectivity index (χ3n) is 3.39. The van der Waals surface area contributed by atoms with Crippen LogP contribution < -0.4 is 0 Å².